The maximum atomic E-state index is 11.6. The zero-order chi connectivity index (χ0) is 12.1. The van der Waals surface area contributed by atoms with Crippen LogP contribution in [0.4, 0.5) is 0 Å². The van der Waals surface area contributed by atoms with Crippen molar-refractivity contribution in [3.8, 4) is 0 Å². The number of aryl methyl sites for hydroxylation is 1. The lowest BCUT2D eigenvalue weighted by molar-refractivity contribution is -0.137. The van der Waals surface area contributed by atoms with Crippen LogP contribution in [-0.2, 0) is 11.8 Å². The number of carbonyl (C=O) groups excluding carboxylic acids is 1. The number of rotatable bonds is 5. The molecule has 6 nitrogen and oxygen atoms in total. The van der Waals surface area contributed by atoms with Gasteiger partial charge in [0, 0.05) is 25.7 Å². The average Bonchev–Trinajstić information content (AvgIpc) is 2.62. The number of aromatic nitrogens is 2. The van der Waals surface area contributed by atoms with Gasteiger partial charge in [-0.15, -0.1) is 0 Å². The summed E-state index contributed by atoms with van der Waals surface area (Å²) in [4.78, 5) is 25.8. The van der Waals surface area contributed by atoms with Crippen LogP contribution in [0, 0.1) is 0 Å². The van der Waals surface area contributed by atoms with E-state index >= 15 is 0 Å². The summed E-state index contributed by atoms with van der Waals surface area (Å²) >= 11 is 0. The largest absolute Gasteiger partial charge is 0.481 e. The number of aliphatic carboxylic acids is 1. The van der Waals surface area contributed by atoms with E-state index in [2.05, 4.69) is 10.3 Å². The molecule has 0 radical (unpaired) electrons. The number of hydrogen-bond acceptors (Lipinski definition) is 3. The summed E-state index contributed by atoms with van der Waals surface area (Å²) in [5, 5.41) is 11.2. The molecular formula is C10H15N3O3. The van der Waals surface area contributed by atoms with Crippen LogP contribution in [0.2, 0.25) is 0 Å². The molecule has 1 amide bonds. The zero-order valence-corrected chi connectivity index (χ0v) is 9.30. The number of nitrogens with one attached hydrogen (secondary N) is 1. The highest BCUT2D eigenvalue weighted by molar-refractivity contribution is 5.92. The number of hydrogen-bond donors (Lipinski definition) is 2. The Morgan fingerprint density at radius 3 is 2.81 bits per heavy atom. The fourth-order valence-electron chi connectivity index (χ4n) is 1.24. The molecule has 0 aromatic carbocycles. The topological polar surface area (TPSA) is 84.2 Å². The lowest BCUT2D eigenvalue weighted by Crippen LogP contribution is -2.33. The van der Waals surface area contributed by atoms with Gasteiger partial charge in [0.15, 0.2) is 0 Å². The molecule has 0 saturated heterocycles. The van der Waals surface area contributed by atoms with E-state index in [-0.39, 0.29) is 18.4 Å². The number of carbonyl (C=O) groups is 2. The van der Waals surface area contributed by atoms with Crippen molar-refractivity contribution in [1.82, 2.24) is 14.9 Å². The molecule has 0 spiro atoms. The monoisotopic (exact) mass is 225 g/mol. The maximum Gasteiger partial charge on any atom is 0.303 e. The van der Waals surface area contributed by atoms with Gasteiger partial charge in [-0.2, -0.15) is 0 Å². The van der Waals surface area contributed by atoms with Crippen LogP contribution >= 0.6 is 0 Å². The third-order valence-electron chi connectivity index (χ3n) is 2.11. The third-order valence-corrected chi connectivity index (χ3v) is 2.11. The molecule has 0 saturated carbocycles. The maximum absolute atomic E-state index is 11.6. The van der Waals surface area contributed by atoms with E-state index in [1.54, 1.807) is 24.7 Å². The molecule has 0 aliphatic carbocycles. The van der Waals surface area contributed by atoms with Crippen LogP contribution in [0.25, 0.3) is 0 Å². The van der Waals surface area contributed by atoms with E-state index in [1.807, 2.05) is 0 Å². The first kappa shape index (κ1) is 12.2. The molecular weight excluding hydrogens is 210 g/mol. The highest BCUT2D eigenvalue weighted by atomic mass is 16.4. The molecule has 6 heteroatoms. The Morgan fingerprint density at radius 1 is 1.62 bits per heavy atom. The van der Waals surface area contributed by atoms with Crippen LogP contribution in [0.1, 0.15) is 30.3 Å². The number of carboxylic acid groups (broad SMARTS) is 1. The third kappa shape index (κ3) is 3.72. The van der Waals surface area contributed by atoms with Crippen molar-refractivity contribution in [2.24, 2.45) is 7.05 Å². The van der Waals surface area contributed by atoms with Gasteiger partial charge in [-0.25, -0.2) is 4.98 Å². The van der Waals surface area contributed by atoms with Gasteiger partial charge in [0.2, 0.25) is 0 Å². The molecule has 88 valence electrons. The molecule has 1 unspecified atom stereocenters. The molecule has 16 heavy (non-hydrogen) atoms. The van der Waals surface area contributed by atoms with Crippen LogP contribution < -0.4 is 5.32 Å². The molecule has 0 aliphatic rings. The van der Waals surface area contributed by atoms with Gasteiger partial charge in [0.1, 0.15) is 5.69 Å². The molecule has 0 bridgehead atoms. The second-order valence-electron chi connectivity index (χ2n) is 3.73. The minimum absolute atomic E-state index is 0.0453. The van der Waals surface area contributed by atoms with E-state index in [4.69, 9.17) is 5.11 Å². The lowest BCUT2D eigenvalue weighted by atomic mass is 10.2. The fourth-order valence-corrected chi connectivity index (χ4v) is 1.24. The van der Waals surface area contributed by atoms with Crippen molar-refractivity contribution < 1.29 is 14.7 Å². The first-order valence-electron chi connectivity index (χ1n) is 4.99. The van der Waals surface area contributed by atoms with E-state index in [1.165, 1.54) is 6.33 Å². The van der Waals surface area contributed by atoms with Crippen LogP contribution in [0.15, 0.2) is 12.5 Å². The van der Waals surface area contributed by atoms with Gasteiger partial charge >= 0.3 is 5.97 Å². The van der Waals surface area contributed by atoms with Crippen LogP contribution in [0.3, 0.4) is 0 Å². The van der Waals surface area contributed by atoms with Gasteiger partial charge in [-0.3, -0.25) is 9.59 Å². The Balaban J connectivity index is 2.42. The van der Waals surface area contributed by atoms with Crippen molar-refractivity contribution in [2.75, 3.05) is 0 Å². The first-order chi connectivity index (χ1) is 7.49. The zero-order valence-electron chi connectivity index (χ0n) is 9.30. The summed E-state index contributed by atoms with van der Waals surface area (Å²) in [7, 11) is 1.78. The number of carboxylic acids is 1. The molecule has 1 rings (SSSR count). The van der Waals surface area contributed by atoms with E-state index < -0.39 is 5.97 Å². The van der Waals surface area contributed by atoms with Crippen molar-refractivity contribution in [2.45, 2.75) is 25.8 Å². The Kier molecular flexibility index (Phi) is 4.04. The smallest absolute Gasteiger partial charge is 0.303 e. The average molecular weight is 225 g/mol. The first-order valence-corrected chi connectivity index (χ1v) is 4.99. The van der Waals surface area contributed by atoms with Gasteiger partial charge in [-0.05, 0) is 13.3 Å². The predicted molar refractivity (Wildman–Crippen MR) is 57.0 cm³/mol. The van der Waals surface area contributed by atoms with E-state index in [9.17, 15) is 9.59 Å². The molecule has 0 fully saturated rings. The normalized spacial score (nSPS) is 12.1. The summed E-state index contributed by atoms with van der Waals surface area (Å²) in [5.41, 5.74) is 0.338. The SMILES string of the molecule is CC(CCC(=O)O)NC(=O)c1cn(C)cn1. The van der Waals surface area contributed by atoms with Gasteiger partial charge < -0.3 is 15.0 Å². The van der Waals surface area contributed by atoms with Crippen molar-refractivity contribution >= 4 is 11.9 Å². The highest BCUT2D eigenvalue weighted by Gasteiger charge is 2.12. The minimum Gasteiger partial charge on any atom is -0.481 e. The Bertz CT molecular complexity index is 386. The molecule has 1 aromatic heterocycles. The van der Waals surface area contributed by atoms with Crippen LogP contribution in [0.5, 0.6) is 0 Å². The predicted octanol–water partition coefficient (Wildman–Crippen LogP) is 0.403. The lowest BCUT2D eigenvalue weighted by Gasteiger charge is -2.11. The summed E-state index contributed by atoms with van der Waals surface area (Å²) in [6.45, 7) is 1.77. The summed E-state index contributed by atoms with van der Waals surface area (Å²) in [6, 6.07) is -0.175. The standard InChI is InChI=1S/C10H15N3O3/c1-7(3-4-9(14)15)12-10(16)8-5-13(2)6-11-8/h5-7H,3-4H2,1-2H3,(H,12,16)(H,14,15). The fraction of sp³-hybridized carbons (Fsp3) is 0.500. The molecule has 1 aromatic rings. The van der Waals surface area contributed by atoms with Gasteiger partial charge in [0.05, 0.1) is 6.33 Å². The minimum atomic E-state index is -0.862. The number of imidazole rings is 1. The van der Waals surface area contributed by atoms with Crippen molar-refractivity contribution in [1.29, 1.82) is 0 Å². The van der Waals surface area contributed by atoms with E-state index in [0.717, 1.165) is 0 Å². The highest BCUT2D eigenvalue weighted by Crippen LogP contribution is 1.99. The molecule has 1 atom stereocenters. The van der Waals surface area contributed by atoms with Gasteiger partial charge in [0.25, 0.3) is 5.91 Å². The van der Waals surface area contributed by atoms with Crippen molar-refractivity contribution in [3.63, 3.8) is 0 Å². The summed E-state index contributed by atoms with van der Waals surface area (Å²) in [6.07, 6.45) is 3.60. The summed E-state index contributed by atoms with van der Waals surface area (Å²) in [5.74, 6) is -1.14. The Labute approximate surface area is 93.3 Å². The Morgan fingerprint density at radius 2 is 2.31 bits per heavy atom. The Hall–Kier alpha value is -1.85. The van der Waals surface area contributed by atoms with Crippen LogP contribution in [-0.4, -0.2) is 32.6 Å². The molecule has 0 aliphatic heterocycles. The number of amides is 1. The number of nitrogens with zero attached hydrogens (tertiary/aromatic N) is 2. The second-order valence-corrected chi connectivity index (χ2v) is 3.73. The second kappa shape index (κ2) is 5.29. The van der Waals surface area contributed by atoms with E-state index in [0.29, 0.717) is 12.1 Å². The quantitative estimate of drug-likeness (QED) is 0.759. The van der Waals surface area contributed by atoms with Crippen molar-refractivity contribution in [3.05, 3.63) is 18.2 Å². The van der Waals surface area contributed by atoms with Gasteiger partial charge in [-0.1, -0.05) is 0 Å². The molecule has 1 heterocycles. The summed E-state index contributed by atoms with van der Waals surface area (Å²) < 4.78 is 1.68. The molecule has 2 N–H and O–H groups in total.